The van der Waals surface area contributed by atoms with E-state index in [2.05, 4.69) is 15.3 Å². The molecule has 0 fully saturated rings. The van der Waals surface area contributed by atoms with Crippen molar-refractivity contribution in [3.8, 4) is 11.5 Å². The number of pyridine rings is 1. The van der Waals surface area contributed by atoms with Gasteiger partial charge in [0.15, 0.2) is 5.84 Å². The molecule has 2 aromatic rings. The largest absolute Gasteiger partial charge is 0.497 e. The molecule has 1 amide bonds. The Morgan fingerprint density at radius 2 is 1.83 bits per heavy atom. The molecule has 0 atom stereocenters. The van der Waals surface area contributed by atoms with Crippen LogP contribution in [0.3, 0.4) is 0 Å². The Bertz CT molecular complexity index is 776. The molecule has 0 bridgehead atoms. The fourth-order valence-electron chi connectivity index (χ4n) is 2.16. The molecule has 0 saturated carbocycles. The van der Waals surface area contributed by atoms with Gasteiger partial charge in [-0.3, -0.25) is 9.78 Å². The van der Waals surface area contributed by atoms with Crippen LogP contribution in [0.2, 0.25) is 0 Å². The fraction of sp³-hybridized carbons (Fsp3) is 0.118. The molecule has 1 aliphatic rings. The lowest BCUT2D eigenvalue weighted by Crippen LogP contribution is -2.25. The van der Waals surface area contributed by atoms with Crippen molar-refractivity contribution in [2.24, 2.45) is 4.99 Å². The zero-order valence-corrected chi connectivity index (χ0v) is 12.7. The molecule has 23 heavy (non-hydrogen) atoms. The first-order valence-corrected chi connectivity index (χ1v) is 6.96. The highest BCUT2D eigenvalue weighted by Gasteiger charge is 2.21. The van der Waals surface area contributed by atoms with Crippen LogP contribution < -0.4 is 14.8 Å². The Kier molecular flexibility index (Phi) is 4.05. The third-order valence-corrected chi connectivity index (χ3v) is 3.28. The maximum absolute atomic E-state index is 12.1. The minimum absolute atomic E-state index is 0.271. The van der Waals surface area contributed by atoms with Gasteiger partial charge < -0.3 is 14.8 Å². The molecular formula is C17H15N3O3. The average Bonchev–Trinajstić information content (AvgIpc) is 2.96. The van der Waals surface area contributed by atoms with Gasteiger partial charge in [-0.1, -0.05) is 6.07 Å². The molecule has 1 aromatic carbocycles. The molecule has 1 N–H and O–H groups in total. The van der Waals surface area contributed by atoms with Gasteiger partial charge in [0.1, 0.15) is 22.9 Å². The Balaban J connectivity index is 1.96. The van der Waals surface area contributed by atoms with Gasteiger partial charge in [0.2, 0.25) is 0 Å². The molecule has 0 radical (unpaired) electrons. The minimum atomic E-state index is -0.271. The second-order valence-electron chi connectivity index (χ2n) is 4.81. The van der Waals surface area contributed by atoms with Crippen LogP contribution in [0.4, 0.5) is 0 Å². The van der Waals surface area contributed by atoms with Crippen LogP contribution in [-0.2, 0) is 4.79 Å². The number of aromatic nitrogens is 1. The van der Waals surface area contributed by atoms with Crippen molar-refractivity contribution in [2.45, 2.75) is 0 Å². The Morgan fingerprint density at radius 1 is 1.09 bits per heavy atom. The summed E-state index contributed by atoms with van der Waals surface area (Å²) >= 11 is 0. The molecule has 1 aromatic heterocycles. The van der Waals surface area contributed by atoms with Crippen LogP contribution in [0.15, 0.2) is 53.3 Å². The second-order valence-corrected chi connectivity index (χ2v) is 4.81. The zero-order valence-electron chi connectivity index (χ0n) is 12.7. The lowest BCUT2D eigenvalue weighted by molar-refractivity contribution is -0.115. The number of carbonyl (C=O) groups is 1. The van der Waals surface area contributed by atoms with Crippen molar-refractivity contribution in [3.05, 3.63) is 59.5 Å². The van der Waals surface area contributed by atoms with Gasteiger partial charge in [-0.25, -0.2) is 4.99 Å². The van der Waals surface area contributed by atoms with Crippen molar-refractivity contribution < 1.29 is 14.3 Å². The third kappa shape index (κ3) is 3.21. The summed E-state index contributed by atoms with van der Waals surface area (Å²) in [6.07, 6.45) is 3.33. The maximum atomic E-state index is 12.1. The highest BCUT2D eigenvalue weighted by molar-refractivity contribution is 6.19. The van der Waals surface area contributed by atoms with E-state index in [-0.39, 0.29) is 5.91 Å². The number of amides is 1. The summed E-state index contributed by atoms with van der Waals surface area (Å²) in [5.41, 5.74) is 1.69. The summed E-state index contributed by atoms with van der Waals surface area (Å²) in [6.45, 7) is 0. The quantitative estimate of drug-likeness (QED) is 0.877. The van der Waals surface area contributed by atoms with Crippen LogP contribution in [-0.4, -0.2) is 30.9 Å². The summed E-state index contributed by atoms with van der Waals surface area (Å²) in [6, 6.07) is 10.8. The Morgan fingerprint density at radius 3 is 2.43 bits per heavy atom. The van der Waals surface area contributed by atoms with E-state index in [1.54, 1.807) is 56.8 Å². The number of aliphatic imine (C=N–C) groups is 1. The van der Waals surface area contributed by atoms with Crippen LogP contribution in [0, 0.1) is 0 Å². The van der Waals surface area contributed by atoms with E-state index in [1.807, 2.05) is 6.07 Å². The van der Waals surface area contributed by atoms with Gasteiger partial charge >= 0.3 is 0 Å². The highest BCUT2D eigenvalue weighted by Crippen LogP contribution is 2.25. The number of carbonyl (C=O) groups excluding carboxylic acids is 1. The SMILES string of the molecule is COc1cc(/C=C2/N=C(c3ccccn3)NC2=O)cc(OC)c1. The number of hydrogen-bond acceptors (Lipinski definition) is 5. The van der Waals surface area contributed by atoms with E-state index < -0.39 is 0 Å². The molecule has 2 heterocycles. The Labute approximate surface area is 133 Å². The molecule has 0 saturated heterocycles. The molecule has 116 valence electrons. The van der Waals surface area contributed by atoms with Crippen LogP contribution in [0.1, 0.15) is 11.3 Å². The Hall–Kier alpha value is -3.15. The summed E-state index contributed by atoms with van der Waals surface area (Å²) in [5, 5.41) is 2.72. The minimum Gasteiger partial charge on any atom is -0.497 e. The van der Waals surface area contributed by atoms with Gasteiger partial charge in [0, 0.05) is 12.3 Å². The maximum Gasteiger partial charge on any atom is 0.275 e. The zero-order chi connectivity index (χ0) is 16.2. The van der Waals surface area contributed by atoms with Gasteiger partial charge in [0.05, 0.1) is 14.2 Å². The highest BCUT2D eigenvalue weighted by atomic mass is 16.5. The number of nitrogens with one attached hydrogen (secondary N) is 1. The van der Waals surface area contributed by atoms with E-state index in [0.29, 0.717) is 28.7 Å². The first-order valence-electron chi connectivity index (χ1n) is 6.96. The van der Waals surface area contributed by atoms with Crippen LogP contribution in [0.25, 0.3) is 6.08 Å². The molecule has 0 unspecified atom stereocenters. The number of ether oxygens (including phenoxy) is 2. The van der Waals surface area contributed by atoms with Crippen molar-refractivity contribution in [1.82, 2.24) is 10.3 Å². The summed E-state index contributed by atoms with van der Waals surface area (Å²) in [7, 11) is 3.15. The predicted molar refractivity (Wildman–Crippen MR) is 86.4 cm³/mol. The number of rotatable bonds is 4. The molecule has 0 aliphatic carbocycles. The van der Waals surface area contributed by atoms with E-state index >= 15 is 0 Å². The smallest absolute Gasteiger partial charge is 0.275 e. The number of nitrogens with zero attached hydrogens (tertiary/aromatic N) is 2. The first kappa shape index (κ1) is 14.8. The third-order valence-electron chi connectivity index (χ3n) is 3.28. The monoisotopic (exact) mass is 309 g/mol. The predicted octanol–water partition coefficient (Wildman–Crippen LogP) is 2.02. The summed E-state index contributed by atoms with van der Waals surface area (Å²) in [4.78, 5) is 20.6. The first-order chi connectivity index (χ1) is 11.2. The van der Waals surface area contributed by atoms with Crippen LogP contribution >= 0.6 is 0 Å². The van der Waals surface area contributed by atoms with Gasteiger partial charge in [0.25, 0.3) is 5.91 Å². The molecule has 3 rings (SSSR count). The van der Waals surface area contributed by atoms with Crippen LogP contribution in [0.5, 0.6) is 11.5 Å². The van der Waals surface area contributed by atoms with Crippen molar-refractivity contribution in [2.75, 3.05) is 14.2 Å². The molecule has 6 nitrogen and oxygen atoms in total. The van der Waals surface area contributed by atoms with Crippen molar-refractivity contribution in [3.63, 3.8) is 0 Å². The number of methoxy groups -OCH3 is 2. The number of benzene rings is 1. The standard InChI is InChI=1S/C17H15N3O3/c1-22-12-7-11(8-13(10-12)23-2)9-15-17(21)20-16(19-15)14-5-3-4-6-18-14/h3-10H,1-2H3,(H,19,20,21)/b15-9+. The van der Waals surface area contributed by atoms with Gasteiger partial charge in [-0.05, 0) is 35.9 Å². The average molecular weight is 309 g/mol. The van der Waals surface area contributed by atoms with E-state index in [0.717, 1.165) is 5.56 Å². The molecule has 0 spiro atoms. The fourth-order valence-corrected chi connectivity index (χ4v) is 2.16. The summed E-state index contributed by atoms with van der Waals surface area (Å²) < 4.78 is 10.4. The normalized spacial score (nSPS) is 15.3. The van der Waals surface area contributed by atoms with E-state index in [9.17, 15) is 4.79 Å². The van der Waals surface area contributed by atoms with Crippen molar-refractivity contribution >= 4 is 17.8 Å². The number of hydrogen-bond donors (Lipinski definition) is 1. The second kappa shape index (κ2) is 6.31. The molecule has 6 heteroatoms. The summed E-state index contributed by atoms with van der Waals surface area (Å²) in [5.74, 6) is 1.45. The lowest BCUT2D eigenvalue weighted by atomic mass is 10.1. The van der Waals surface area contributed by atoms with Gasteiger partial charge in [-0.2, -0.15) is 0 Å². The lowest BCUT2D eigenvalue weighted by Gasteiger charge is -2.05. The van der Waals surface area contributed by atoms with Crippen molar-refractivity contribution in [1.29, 1.82) is 0 Å². The van der Waals surface area contributed by atoms with Gasteiger partial charge in [-0.15, -0.1) is 0 Å². The number of amidine groups is 1. The van der Waals surface area contributed by atoms with E-state index in [4.69, 9.17) is 9.47 Å². The van der Waals surface area contributed by atoms with E-state index in [1.165, 1.54) is 0 Å². The topological polar surface area (TPSA) is 72.8 Å². The molecule has 1 aliphatic heterocycles. The molecular weight excluding hydrogens is 294 g/mol.